The molecule has 0 aliphatic carbocycles. The van der Waals surface area contributed by atoms with Gasteiger partial charge < -0.3 is 5.32 Å². The van der Waals surface area contributed by atoms with Gasteiger partial charge >= 0.3 is 0 Å². The van der Waals surface area contributed by atoms with E-state index in [4.69, 9.17) is 0 Å². The summed E-state index contributed by atoms with van der Waals surface area (Å²) >= 11 is 5.15. The molecule has 13 heavy (non-hydrogen) atoms. The Morgan fingerprint density at radius 2 is 2.15 bits per heavy atom. The highest BCUT2D eigenvalue weighted by molar-refractivity contribution is 9.10. The Morgan fingerprint density at radius 1 is 1.46 bits per heavy atom. The first-order valence-corrected chi connectivity index (χ1v) is 6.07. The standard InChI is InChI=1S/C8H12BrN3S/c1-5-7(9)8(10-2)12-6(11-5)4-13-3/h4H2,1-3H3,(H,10,11,12). The number of rotatable bonds is 3. The number of nitrogens with one attached hydrogen (secondary N) is 1. The van der Waals surface area contributed by atoms with Gasteiger partial charge in [-0.1, -0.05) is 0 Å². The first-order valence-electron chi connectivity index (χ1n) is 3.88. The molecule has 0 atom stereocenters. The van der Waals surface area contributed by atoms with Crippen LogP contribution >= 0.6 is 27.7 Å². The molecule has 1 rings (SSSR count). The van der Waals surface area contributed by atoms with E-state index in [0.29, 0.717) is 0 Å². The molecule has 0 fully saturated rings. The molecule has 72 valence electrons. The molecule has 0 aromatic carbocycles. The molecule has 5 heteroatoms. The summed E-state index contributed by atoms with van der Waals surface area (Å²) < 4.78 is 0.944. The van der Waals surface area contributed by atoms with Gasteiger partial charge in [-0.05, 0) is 29.1 Å². The third-order valence-corrected chi connectivity index (χ3v) is 3.07. The van der Waals surface area contributed by atoms with Crippen LogP contribution in [-0.2, 0) is 5.75 Å². The average molecular weight is 262 g/mol. The minimum Gasteiger partial charge on any atom is -0.372 e. The van der Waals surface area contributed by atoms with Crippen LogP contribution in [0.2, 0.25) is 0 Å². The number of aryl methyl sites for hydroxylation is 1. The smallest absolute Gasteiger partial charge is 0.144 e. The summed E-state index contributed by atoms with van der Waals surface area (Å²) in [6, 6.07) is 0. The van der Waals surface area contributed by atoms with Crippen LogP contribution in [0, 0.1) is 6.92 Å². The second-order valence-corrected chi connectivity index (χ2v) is 4.23. The Balaban J connectivity index is 3.06. The van der Waals surface area contributed by atoms with E-state index in [-0.39, 0.29) is 0 Å². The lowest BCUT2D eigenvalue weighted by atomic mass is 10.4. The molecule has 0 bridgehead atoms. The third kappa shape index (κ3) is 2.57. The number of aromatic nitrogens is 2. The largest absolute Gasteiger partial charge is 0.372 e. The quantitative estimate of drug-likeness (QED) is 0.908. The fourth-order valence-electron chi connectivity index (χ4n) is 0.976. The van der Waals surface area contributed by atoms with E-state index in [1.807, 2.05) is 20.2 Å². The molecule has 0 unspecified atom stereocenters. The Bertz CT molecular complexity index is 304. The Kier molecular flexibility index (Phi) is 3.99. The molecule has 1 aromatic heterocycles. The van der Waals surface area contributed by atoms with Gasteiger partial charge in [0.15, 0.2) is 0 Å². The highest BCUT2D eigenvalue weighted by Gasteiger charge is 2.06. The summed E-state index contributed by atoms with van der Waals surface area (Å²) in [6.07, 6.45) is 2.04. The fraction of sp³-hybridized carbons (Fsp3) is 0.500. The zero-order chi connectivity index (χ0) is 9.84. The maximum Gasteiger partial charge on any atom is 0.144 e. The summed E-state index contributed by atoms with van der Waals surface area (Å²) in [7, 11) is 1.86. The summed E-state index contributed by atoms with van der Waals surface area (Å²) in [6.45, 7) is 1.97. The monoisotopic (exact) mass is 261 g/mol. The number of anilines is 1. The molecular formula is C8H12BrN3S. The molecule has 0 amide bonds. The average Bonchev–Trinajstić information content (AvgIpc) is 2.11. The SMILES string of the molecule is CNc1nc(CSC)nc(C)c1Br. The molecule has 1 aromatic rings. The van der Waals surface area contributed by atoms with E-state index in [2.05, 4.69) is 31.2 Å². The highest BCUT2D eigenvalue weighted by atomic mass is 79.9. The first kappa shape index (κ1) is 10.8. The maximum atomic E-state index is 4.35. The summed E-state index contributed by atoms with van der Waals surface area (Å²) in [4.78, 5) is 8.70. The Morgan fingerprint density at radius 3 is 2.69 bits per heavy atom. The number of hydrogen-bond donors (Lipinski definition) is 1. The van der Waals surface area contributed by atoms with Crippen LogP contribution in [0.5, 0.6) is 0 Å². The van der Waals surface area contributed by atoms with Crippen LogP contribution in [0.25, 0.3) is 0 Å². The van der Waals surface area contributed by atoms with Gasteiger partial charge in [-0.3, -0.25) is 0 Å². The third-order valence-electron chi connectivity index (χ3n) is 1.57. The van der Waals surface area contributed by atoms with E-state index in [1.165, 1.54) is 0 Å². The lowest BCUT2D eigenvalue weighted by Crippen LogP contribution is -2.02. The van der Waals surface area contributed by atoms with Gasteiger partial charge in [-0.15, -0.1) is 0 Å². The normalized spacial score (nSPS) is 10.2. The van der Waals surface area contributed by atoms with Crippen molar-refractivity contribution in [1.82, 2.24) is 9.97 Å². The summed E-state index contributed by atoms with van der Waals surface area (Å²) in [5.41, 5.74) is 0.975. The van der Waals surface area contributed by atoms with Crippen molar-refractivity contribution in [2.24, 2.45) is 0 Å². The van der Waals surface area contributed by atoms with Crippen LogP contribution in [0.3, 0.4) is 0 Å². The van der Waals surface area contributed by atoms with Crippen LogP contribution in [0.4, 0.5) is 5.82 Å². The van der Waals surface area contributed by atoms with Crippen molar-refractivity contribution in [3.05, 3.63) is 16.0 Å². The topological polar surface area (TPSA) is 37.8 Å². The number of nitrogens with zero attached hydrogens (tertiary/aromatic N) is 2. The van der Waals surface area contributed by atoms with Crippen molar-refractivity contribution in [3.63, 3.8) is 0 Å². The highest BCUT2D eigenvalue weighted by Crippen LogP contribution is 2.23. The van der Waals surface area contributed by atoms with E-state index in [9.17, 15) is 0 Å². The summed E-state index contributed by atoms with van der Waals surface area (Å²) in [5.74, 6) is 2.58. The molecular weight excluding hydrogens is 250 g/mol. The van der Waals surface area contributed by atoms with Crippen molar-refractivity contribution in [2.75, 3.05) is 18.6 Å². The molecule has 0 saturated carbocycles. The van der Waals surface area contributed by atoms with E-state index in [1.54, 1.807) is 11.8 Å². The zero-order valence-electron chi connectivity index (χ0n) is 7.89. The van der Waals surface area contributed by atoms with Gasteiger partial charge in [0.25, 0.3) is 0 Å². The molecule has 0 saturated heterocycles. The molecule has 0 aliphatic rings. The van der Waals surface area contributed by atoms with Gasteiger partial charge in [0.2, 0.25) is 0 Å². The van der Waals surface area contributed by atoms with Crippen molar-refractivity contribution in [2.45, 2.75) is 12.7 Å². The van der Waals surface area contributed by atoms with Gasteiger partial charge in [-0.2, -0.15) is 11.8 Å². The molecule has 0 aliphatic heterocycles. The molecule has 1 N–H and O–H groups in total. The second-order valence-electron chi connectivity index (χ2n) is 2.57. The molecule has 1 heterocycles. The van der Waals surface area contributed by atoms with Crippen LogP contribution in [-0.4, -0.2) is 23.3 Å². The predicted octanol–water partition coefficient (Wildman–Crippen LogP) is 2.45. The molecule has 0 spiro atoms. The van der Waals surface area contributed by atoms with Gasteiger partial charge in [0.05, 0.1) is 15.9 Å². The van der Waals surface area contributed by atoms with E-state index < -0.39 is 0 Å². The van der Waals surface area contributed by atoms with Crippen LogP contribution in [0.1, 0.15) is 11.5 Å². The molecule has 3 nitrogen and oxygen atoms in total. The van der Waals surface area contributed by atoms with E-state index in [0.717, 1.165) is 27.6 Å². The number of halogens is 1. The predicted molar refractivity (Wildman–Crippen MR) is 61.2 cm³/mol. The lowest BCUT2D eigenvalue weighted by molar-refractivity contribution is 0.986. The van der Waals surface area contributed by atoms with Crippen LogP contribution < -0.4 is 5.32 Å². The summed E-state index contributed by atoms with van der Waals surface area (Å²) in [5, 5.41) is 3.03. The van der Waals surface area contributed by atoms with Crippen molar-refractivity contribution < 1.29 is 0 Å². The van der Waals surface area contributed by atoms with Crippen LogP contribution in [0.15, 0.2) is 4.47 Å². The fourth-order valence-corrected chi connectivity index (χ4v) is 1.74. The second kappa shape index (κ2) is 4.81. The Labute approximate surface area is 90.9 Å². The van der Waals surface area contributed by atoms with Crippen molar-refractivity contribution in [1.29, 1.82) is 0 Å². The van der Waals surface area contributed by atoms with Gasteiger partial charge in [0.1, 0.15) is 11.6 Å². The van der Waals surface area contributed by atoms with Gasteiger partial charge in [-0.25, -0.2) is 9.97 Å². The maximum absolute atomic E-state index is 4.35. The first-order chi connectivity index (χ1) is 6.19. The van der Waals surface area contributed by atoms with Crippen molar-refractivity contribution >= 4 is 33.5 Å². The van der Waals surface area contributed by atoms with E-state index >= 15 is 0 Å². The molecule has 0 radical (unpaired) electrons. The van der Waals surface area contributed by atoms with Crippen molar-refractivity contribution in [3.8, 4) is 0 Å². The lowest BCUT2D eigenvalue weighted by Gasteiger charge is -2.07. The minimum absolute atomic E-state index is 0.850. The van der Waals surface area contributed by atoms with Gasteiger partial charge in [0, 0.05) is 7.05 Å². The minimum atomic E-state index is 0.850. The Hall–Kier alpha value is -0.290. The number of hydrogen-bond acceptors (Lipinski definition) is 4. The zero-order valence-corrected chi connectivity index (χ0v) is 10.3. The number of thioether (sulfide) groups is 1.